The van der Waals surface area contributed by atoms with Gasteiger partial charge >= 0.3 is 0 Å². The number of carbonyl (C=O) groups excluding carboxylic acids is 2. The van der Waals surface area contributed by atoms with Gasteiger partial charge in [-0.15, -0.1) is 0 Å². The molecular formula is C21H35N3O2. The fourth-order valence-electron chi connectivity index (χ4n) is 3.23. The highest BCUT2D eigenvalue weighted by atomic mass is 16.2. The zero-order valence-corrected chi connectivity index (χ0v) is 16.8. The summed E-state index contributed by atoms with van der Waals surface area (Å²) in [6, 6.07) is 10.5. The molecular weight excluding hydrogens is 326 g/mol. The Morgan fingerprint density at radius 3 is 2.08 bits per heavy atom. The van der Waals surface area contributed by atoms with Crippen LogP contribution in [0, 0.1) is 0 Å². The third kappa shape index (κ3) is 7.16. The van der Waals surface area contributed by atoms with Crippen molar-refractivity contribution in [2.45, 2.75) is 53.0 Å². The second-order valence-corrected chi connectivity index (χ2v) is 6.37. The first kappa shape index (κ1) is 22.2. The van der Waals surface area contributed by atoms with Crippen molar-refractivity contribution in [3.63, 3.8) is 0 Å². The van der Waals surface area contributed by atoms with Crippen LogP contribution in [-0.2, 0) is 9.59 Å². The van der Waals surface area contributed by atoms with Crippen LogP contribution in [0.4, 0.5) is 0 Å². The third-order valence-corrected chi connectivity index (χ3v) is 4.84. The van der Waals surface area contributed by atoms with E-state index in [4.69, 9.17) is 0 Å². The maximum Gasteiger partial charge on any atom is 0.222 e. The summed E-state index contributed by atoms with van der Waals surface area (Å²) in [5.41, 5.74) is 1.22. The van der Waals surface area contributed by atoms with Gasteiger partial charge in [-0.1, -0.05) is 44.2 Å². The van der Waals surface area contributed by atoms with Gasteiger partial charge in [0.25, 0.3) is 0 Å². The molecule has 5 heteroatoms. The van der Waals surface area contributed by atoms with Gasteiger partial charge in [0, 0.05) is 32.5 Å². The van der Waals surface area contributed by atoms with Gasteiger partial charge in [-0.25, -0.2) is 0 Å². The molecule has 1 rings (SSSR count). The second kappa shape index (κ2) is 12.5. The maximum absolute atomic E-state index is 12.2. The highest BCUT2D eigenvalue weighted by Gasteiger charge is 2.18. The first-order chi connectivity index (χ1) is 12.6. The lowest BCUT2D eigenvalue weighted by molar-refractivity contribution is -0.131. The van der Waals surface area contributed by atoms with Gasteiger partial charge in [-0.2, -0.15) is 0 Å². The summed E-state index contributed by atoms with van der Waals surface area (Å²) in [4.78, 5) is 28.4. The van der Waals surface area contributed by atoms with E-state index in [0.717, 1.165) is 26.2 Å². The summed E-state index contributed by atoms with van der Waals surface area (Å²) < 4.78 is 0. The highest BCUT2D eigenvalue weighted by molar-refractivity contribution is 5.78. The predicted octanol–water partition coefficient (Wildman–Crippen LogP) is 3.22. The number of carbonyl (C=O) groups is 2. The Bertz CT molecular complexity index is 525. The molecule has 146 valence electrons. The Kier molecular flexibility index (Phi) is 10.6. The monoisotopic (exact) mass is 361 g/mol. The SMILES string of the molecule is CCN(CC)C(=O)CCCC(=O)NCC(c1ccccc1)N(CC)CC. The minimum Gasteiger partial charge on any atom is -0.354 e. The number of nitrogens with zero attached hydrogens (tertiary/aromatic N) is 2. The molecule has 0 aliphatic carbocycles. The van der Waals surface area contributed by atoms with Crippen molar-refractivity contribution in [1.29, 1.82) is 0 Å². The zero-order valence-electron chi connectivity index (χ0n) is 16.8. The first-order valence-electron chi connectivity index (χ1n) is 9.90. The van der Waals surface area contributed by atoms with Crippen molar-refractivity contribution >= 4 is 11.8 Å². The van der Waals surface area contributed by atoms with E-state index in [0.29, 0.717) is 25.8 Å². The summed E-state index contributed by atoms with van der Waals surface area (Å²) in [6.07, 6.45) is 1.43. The van der Waals surface area contributed by atoms with Gasteiger partial charge in [-0.3, -0.25) is 14.5 Å². The zero-order chi connectivity index (χ0) is 19.4. The molecule has 0 spiro atoms. The van der Waals surface area contributed by atoms with E-state index >= 15 is 0 Å². The van der Waals surface area contributed by atoms with E-state index < -0.39 is 0 Å². The van der Waals surface area contributed by atoms with Gasteiger partial charge in [0.05, 0.1) is 6.04 Å². The minimum absolute atomic E-state index is 0.0189. The fraction of sp³-hybridized carbons (Fsp3) is 0.619. The quantitative estimate of drug-likeness (QED) is 0.622. The van der Waals surface area contributed by atoms with E-state index in [2.05, 4.69) is 36.2 Å². The lowest BCUT2D eigenvalue weighted by Crippen LogP contribution is -2.38. The van der Waals surface area contributed by atoms with Gasteiger partial charge in [0.1, 0.15) is 0 Å². The molecule has 1 unspecified atom stereocenters. The van der Waals surface area contributed by atoms with Crippen molar-refractivity contribution in [3.05, 3.63) is 35.9 Å². The summed E-state index contributed by atoms with van der Waals surface area (Å²) in [6.45, 7) is 12.1. The van der Waals surface area contributed by atoms with Gasteiger partial charge in [0.15, 0.2) is 0 Å². The van der Waals surface area contributed by atoms with Crippen LogP contribution in [0.25, 0.3) is 0 Å². The Balaban J connectivity index is 2.50. The molecule has 0 bridgehead atoms. The number of rotatable bonds is 12. The maximum atomic E-state index is 12.2. The molecule has 0 heterocycles. The topological polar surface area (TPSA) is 52.7 Å². The number of likely N-dealkylation sites (N-methyl/N-ethyl adjacent to an activating group) is 1. The minimum atomic E-state index is 0.0189. The summed E-state index contributed by atoms with van der Waals surface area (Å²) in [5.74, 6) is 0.151. The van der Waals surface area contributed by atoms with Crippen molar-refractivity contribution in [3.8, 4) is 0 Å². The number of hydrogen-bond donors (Lipinski definition) is 1. The van der Waals surface area contributed by atoms with Gasteiger partial charge < -0.3 is 10.2 Å². The Morgan fingerprint density at radius 2 is 1.54 bits per heavy atom. The van der Waals surface area contributed by atoms with Crippen LogP contribution in [0.1, 0.15) is 58.6 Å². The lowest BCUT2D eigenvalue weighted by atomic mass is 10.0. The fourth-order valence-corrected chi connectivity index (χ4v) is 3.23. The average Bonchev–Trinajstić information content (AvgIpc) is 2.66. The standard InChI is InChI=1S/C21H35N3O2/c1-5-23(6-2)19(18-13-10-9-11-14-18)17-22-20(25)15-12-16-21(26)24(7-3)8-4/h9-11,13-14,19H,5-8,12,15-17H2,1-4H3,(H,22,25). The van der Waals surface area contributed by atoms with Gasteiger partial charge in [0.2, 0.25) is 11.8 Å². The summed E-state index contributed by atoms with van der Waals surface area (Å²) in [5, 5.41) is 3.06. The molecule has 0 saturated carbocycles. The van der Waals surface area contributed by atoms with E-state index in [1.54, 1.807) is 0 Å². The van der Waals surface area contributed by atoms with Crippen molar-refractivity contribution in [2.75, 3.05) is 32.7 Å². The molecule has 5 nitrogen and oxygen atoms in total. The number of amides is 2. The molecule has 0 aliphatic rings. The van der Waals surface area contributed by atoms with Crippen LogP contribution < -0.4 is 5.32 Å². The summed E-state index contributed by atoms with van der Waals surface area (Å²) >= 11 is 0. The Morgan fingerprint density at radius 1 is 0.923 bits per heavy atom. The average molecular weight is 362 g/mol. The molecule has 26 heavy (non-hydrogen) atoms. The number of benzene rings is 1. The van der Waals surface area contributed by atoms with Gasteiger partial charge in [-0.05, 0) is 38.9 Å². The molecule has 2 amide bonds. The van der Waals surface area contributed by atoms with E-state index in [9.17, 15) is 9.59 Å². The van der Waals surface area contributed by atoms with E-state index in [1.807, 2.05) is 36.9 Å². The normalized spacial score (nSPS) is 12.0. The molecule has 0 radical (unpaired) electrons. The van der Waals surface area contributed by atoms with Crippen molar-refractivity contribution in [1.82, 2.24) is 15.1 Å². The molecule has 0 saturated heterocycles. The van der Waals surface area contributed by atoms with Crippen LogP contribution in [0.15, 0.2) is 30.3 Å². The van der Waals surface area contributed by atoms with Crippen LogP contribution in [0.5, 0.6) is 0 Å². The first-order valence-corrected chi connectivity index (χ1v) is 9.90. The third-order valence-electron chi connectivity index (χ3n) is 4.84. The Hall–Kier alpha value is -1.88. The number of hydrogen-bond acceptors (Lipinski definition) is 3. The van der Waals surface area contributed by atoms with Crippen LogP contribution in [0.3, 0.4) is 0 Å². The van der Waals surface area contributed by atoms with Crippen molar-refractivity contribution in [2.24, 2.45) is 0 Å². The Labute approximate surface area is 158 Å². The van der Waals surface area contributed by atoms with Crippen molar-refractivity contribution < 1.29 is 9.59 Å². The summed E-state index contributed by atoms with van der Waals surface area (Å²) in [7, 11) is 0. The van der Waals surface area contributed by atoms with Crippen LogP contribution in [-0.4, -0.2) is 54.3 Å². The molecule has 1 aromatic rings. The second-order valence-electron chi connectivity index (χ2n) is 6.37. The largest absolute Gasteiger partial charge is 0.354 e. The van der Waals surface area contributed by atoms with E-state index in [1.165, 1.54) is 5.56 Å². The molecule has 1 atom stereocenters. The lowest BCUT2D eigenvalue weighted by Gasteiger charge is -2.30. The highest BCUT2D eigenvalue weighted by Crippen LogP contribution is 2.19. The molecule has 1 N–H and O–H groups in total. The molecule has 0 aromatic heterocycles. The number of nitrogens with one attached hydrogen (secondary N) is 1. The smallest absolute Gasteiger partial charge is 0.222 e. The molecule has 1 aromatic carbocycles. The van der Waals surface area contributed by atoms with Crippen LogP contribution >= 0.6 is 0 Å². The molecule has 0 fully saturated rings. The van der Waals surface area contributed by atoms with E-state index in [-0.39, 0.29) is 17.9 Å². The molecule has 0 aliphatic heterocycles. The predicted molar refractivity (Wildman–Crippen MR) is 107 cm³/mol. The van der Waals surface area contributed by atoms with Crippen LogP contribution in [0.2, 0.25) is 0 Å².